The first-order chi connectivity index (χ1) is 11.7. The van der Waals surface area contributed by atoms with Gasteiger partial charge >= 0.3 is 0 Å². The second-order valence-electron chi connectivity index (χ2n) is 5.81. The van der Waals surface area contributed by atoms with Gasteiger partial charge in [0, 0.05) is 22.4 Å². The Morgan fingerprint density at radius 1 is 0.792 bits per heavy atom. The SMILES string of the molecule is O=C(Nc1ccccc1)c1cccc2c1Cc1ccccc1C2=O. The first-order valence-corrected chi connectivity index (χ1v) is 7.85. The molecule has 4 rings (SSSR count). The molecule has 0 saturated carbocycles. The largest absolute Gasteiger partial charge is 0.322 e. The number of ketones is 1. The molecule has 0 aromatic heterocycles. The highest BCUT2D eigenvalue weighted by atomic mass is 16.1. The minimum atomic E-state index is -0.190. The van der Waals surface area contributed by atoms with Gasteiger partial charge < -0.3 is 5.32 Å². The lowest BCUT2D eigenvalue weighted by Gasteiger charge is -2.21. The molecule has 0 atom stereocenters. The van der Waals surface area contributed by atoms with E-state index in [1.807, 2.05) is 54.6 Å². The molecule has 0 unspecified atom stereocenters. The molecule has 1 N–H and O–H groups in total. The molecule has 1 aliphatic carbocycles. The smallest absolute Gasteiger partial charge is 0.255 e. The topological polar surface area (TPSA) is 46.2 Å². The fourth-order valence-corrected chi connectivity index (χ4v) is 3.15. The van der Waals surface area contributed by atoms with Crippen molar-refractivity contribution in [3.8, 4) is 0 Å². The third-order valence-electron chi connectivity index (χ3n) is 4.33. The summed E-state index contributed by atoms with van der Waals surface area (Å²) in [5.41, 5.74) is 4.41. The zero-order valence-electron chi connectivity index (χ0n) is 13.0. The maximum absolute atomic E-state index is 12.7. The van der Waals surface area contributed by atoms with Crippen LogP contribution in [0.15, 0.2) is 72.8 Å². The number of anilines is 1. The maximum Gasteiger partial charge on any atom is 0.255 e. The van der Waals surface area contributed by atoms with Crippen LogP contribution in [0.5, 0.6) is 0 Å². The van der Waals surface area contributed by atoms with Crippen LogP contribution in [0.2, 0.25) is 0 Å². The summed E-state index contributed by atoms with van der Waals surface area (Å²) in [4.78, 5) is 25.4. The Kier molecular flexibility index (Phi) is 3.47. The van der Waals surface area contributed by atoms with Crippen molar-refractivity contribution in [3.63, 3.8) is 0 Å². The van der Waals surface area contributed by atoms with Crippen LogP contribution in [0, 0.1) is 0 Å². The molecule has 0 radical (unpaired) electrons. The average Bonchev–Trinajstić information content (AvgIpc) is 2.62. The van der Waals surface area contributed by atoms with Crippen molar-refractivity contribution < 1.29 is 9.59 Å². The van der Waals surface area contributed by atoms with Crippen molar-refractivity contribution in [1.82, 2.24) is 0 Å². The minimum absolute atomic E-state index is 0.0128. The summed E-state index contributed by atoms with van der Waals surface area (Å²) in [6, 6.07) is 22.2. The lowest BCUT2D eigenvalue weighted by atomic mass is 9.82. The lowest BCUT2D eigenvalue weighted by molar-refractivity contribution is 0.102. The van der Waals surface area contributed by atoms with Gasteiger partial charge in [-0.1, -0.05) is 54.6 Å². The molecule has 0 heterocycles. The number of carbonyl (C=O) groups is 2. The first kappa shape index (κ1) is 14.4. The van der Waals surface area contributed by atoms with Crippen molar-refractivity contribution in [3.05, 3.63) is 101 Å². The van der Waals surface area contributed by atoms with Gasteiger partial charge in [-0.15, -0.1) is 0 Å². The second-order valence-corrected chi connectivity index (χ2v) is 5.81. The van der Waals surface area contributed by atoms with Gasteiger partial charge in [-0.3, -0.25) is 9.59 Å². The van der Waals surface area contributed by atoms with Crippen LogP contribution in [-0.2, 0) is 6.42 Å². The van der Waals surface area contributed by atoms with Gasteiger partial charge in [0.25, 0.3) is 5.91 Å². The summed E-state index contributed by atoms with van der Waals surface area (Å²) in [6.45, 7) is 0. The van der Waals surface area contributed by atoms with Gasteiger partial charge in [-0.05, 0) is 35.7 Å². The number of rotatable bonds is 2. The summed E-state index contributed by atoms with van der Waals surface area (Å²) in [7, 11) is 0. The number of hydrogen-bond acceptors (Lipinski definition) is 2. The molecule has 1 amide bonds. The number of hydrogen-bond donors (Lipinski definition) is 1. The Balaban J connectivity index is 1.74. The fraction of sp³-hybridized carbons (Fsp3) is 0.0476. The predicted molar refractivity (Wildman–Crippen MR) is 93.5 cm³/mol. The number of amides is 1. The molecule has 1 aliphatic rings. The maximum atomic E-state index is 12.7. The van der Waals surface area contributed by atoms with E-state index in [-0.39, 0.29) is 11.7 Å². The molecule has 3 nitrogen and oxygen atoms in total. The molecule has 116 valence electrons. The van der Waals surface area contributed by atoms with Crippen LogP contribution in [0.25, 0.3) is 0 Å². The molecular formula is C21H15NO2. The Labute approximate surface area is 140 Å². The van der Waals surface area contributed by atoms with E-state index in [0.29, 0.717) is 17.5 Å². The van der Waals surface area contributed by atoms with Crippen molar-refractivity contribution >= 4 is 17.4 Å². The molecule has 0 saturated heterocycles. The Hall–Kier alpha value is -3.20. The van der Waals surface area contributed by atoms with Crippen LogP contribution >= 0.6 is 0 Å². The number of para-hydroxylation sites is 1. The molecule has 3 heteroatoms. The first-order valence-electron chi connectivity index (χ1n) is 7.85. The Morgan fingerprint density at radius 2 is 1.50 bits per heavy atom. The summed E-state index contributed by atoms with van der Waals surface area (Å²) >= 11 is 0. The van der Waals surface area contributed by atoms with E-state index in [9.17, 15) is 9.59 Å². The number of carbonyl (C=O) groups excluding carboxylic acids is 2. The van der Waals surface area contributed by atoms with Gasteiger partial charge in [0.15, 0.2) is 5.78 Å². The van der Waals surface area contributed by atoms with E-state index in [4.69, 9.17) is 0 Å². The molecule has 0 aliphatic heterocycles. The number of nitrogens with one attached hydrogen (secondary N) is 1. The van der Waals surface area contributed by atoms with Gasteiger partial charge in [0.05, 0.1) is 0 Å². The van der Waals surface area contributed by atoms with Crippen molar-refractivity contribution in [2.24, 2.45) is 0 Å². The van der Waals surface area contributed by atoms with Crippen LogP contribution in [0.3, 0.4) is 0 Å². The van der Waals surface area contributed by atoms with Crippen molar-refractivity contribution in [2.75, 3.05) is 5.32 Å². The molecule has 0 spiro atoms. The van der Waals surface area contributed by atoms with Gasteiger partial charge in [-0.25, -0.2) is 0 Å². The lowest BCUT2D eigenvalue weighted by Crippen LogP contribution is -2.21. The van der Waals surface area contributed by atoms with E-state index < -0.39 is 0 Å². The predicted octanol–water partition coefficient (Wildman–Crippen LogP) is 4.07. The quantitative estimate of drug-likeness (QED) is 0.606. The normalized spacial score (nSPS) is 12.2. The summed E-state index contributed by atoms with van der Waals surface area (Å²) in [5, 5.41) is 2.90. The van der Waals surface area contributed by atoms with Crippen LogP contribution < -0.4 is 5.32 Å². The van der Waals surface area contributed by atoms with E-state index in [2.05, 4.69) is 5.32 Å². The van der Waals surface area contributed by atoms with Gasteiger partial charge in [-0.2, -0.15) is 0 Å². The Morgan fingerprint density at radius 3 is 2.33 bits per heavy atom. The van der Waals surface area contributed by atoms with Crippen molar-refractivity contribution in [2.45, 2.75) is 6.42 Å². The second kappa shape index (κ2) is 5.78. The molecular weight excluding hydrogens is 298 g/mol. The zero-order chi connectivity index (χ0) is 16.5. The van der Waals surface area contributed by atoms with E-state index in [0.717, 1.165) is 22.4 Å². The highest BCUT2D eigenvalue weighted by Gasteiger charge is 2.26. The minimum Gasteiger partial charge on any atom is -0.322 e. The van der Waals surface area contributed by atoms with Gasteiger partial charge in [0.1, 0.15) is 0 Å². The highest BCUT2D eigenvalue weighted by Crippen LogP contribution is 2.29. The average molecular weight is 313 g/mol. The molecule has 0 fully saturated rings. The third-order valence-corrected chi connectivity index (χ3v) is 4.33. The summed E-state index contributed by atoms with van der Waals surface area (Å²) < 4.78 is 0. The monoisotopic (exact) mass is 313 g/mol. The molecule has 0 bridgehead atoms. The van der Waals surface area contributed by atoms with E-state index >= 15 is 0 Å². The summed E-state index contributed by atoms with van der Waals surface area (Å²) in [5.74, 6) is -0.202. The number of fused-ring (bicyclic) bond motifs is 2. The zero-order valence-corrected chi connectivity index (χ0v) is 13.0. The molecule has 3 aromatic carbocycles. The van der Waals surface area contributed by atoms with E-state index in [1.165, 1.54) is 0 Å². The number of benzene rings is 3. The molecule has 24 heavy (non-hydrogen) atoms. The van der Waals surface area contributed by atoms with Crippen molar-refractivity contribution in [1.29, 1.82) is 0 Å². The third kappa shape index (κ3) is 2.40. The van der Waals surface area contributed by atoms with Gasteiger partial charge in [0.2, 0.25) is 0 Å². The Bertz CT molecular complexity index is 945. The highest BCUT2D eigenvalue weighted by molar-refractivity contribution is 6.15. The van der Waals surface area contributed by atoms with Crippen LogP contribution in [0.4, 0.5) is 5.69 Å². The van der Waals surface area contributed by atoms with E-state index in [1.54, 1.807) is 18.2 Å². The molecule has 3 aromatic rings. The van der Waals surface area contributed by atoms with Crippen LogP contribution in [-0.4, -0.2) is 11.7 Å². The standard InChI is InChI=1S/C21H15NO2/c23-20-16-10-5-4-7-14(16)13-19-17(20)11-6-12-18(19)21(24)22-15-8-2-1-3-9-15/h1-12H,13H2,(H,22,24). The summed E-state index contributed by atoms with van der Waals surface area (Å²) in [6.07, 6.45) is 0.593. The fourth-order valence-electron chi connectivity index (χ4n) is 3.15. The van der Waals surface area contributed by atoms with Crippen LogP contribution in [0.1, 0.15) is 37.4 Å².